The van der Waals surface area contributed by atoms with E-state index in [0.29, 0.717) is 0 Å². The summed E-state index contributed by atoms with van der Waals surface area (Å²) in [6, 6.07) is 0. The van der Waals surface area contributed by atoms with Crippen molar-refractivity contribution in [1.29, 1.82) is 0 Å². The van der Waals surface area contributed by atoms with Crippen LogP contribution >= 0.6 is 24.4 Å². The van der Waals surface area contributed by atoms with E-state index in [1.807, 2.05) is 0 Å². The lowest BCUT2D eigenvalue weighted by Gasteiger charge is -2.33. The van der Waals surface area contributed by atoms with Gasteiger partial charge in [-0.3, -0.25) is 0 Å². The summed E-state index contributed by atoms with van der Waals surface area (Å²) in [5, 5.41) is 0. The Hall–Kier alpha value is -2.68. The fourth-order valence-corrected chi connectivity index (χ4v) is 5.71. The predicted molar refractivity (Wildman–Crippen MR) is 197 cm³/mol. The SMILES string of the molecule is CC1=C(/C=C/C(C)=C/C=C/C(C)=C/C=C/C=C(C)/C=C/C=C(C)/C=C/C2=C(C)C(=S)CCC2(C)C)C(C)(C)CCC1=S. The van der Waals surface area contributed by atoms with E-state index >= 15 is 0 Å². The largest absolute Gasteiger partial charge is 0.0846 e. The van der Waals surface area contributed by atoms with Gasteiger partial charge in [0.25, 0.3) is 0 Å². The molecule has 0 atom stereocenters. The minimum absolute atomic E-state index is 0.180. The molecule has 0 spiro atoms. The third-order valence-corrected chi connectivity index (χ3v) is 9.37. The Kier molecular flexibility index (Phi) is 13.7. The molecule has 0 radical (unpaired) electrons. The van der Waals surface area contributed by atoms with Gasteiger partial charge in [-0.1, -0.05) is 159 Å². The summed E-state index contributed by atoms with van der Waals surface area (Å²) < 4.78 is 0. The smallest absolute Gasteiger partial charge is 0.0184 e. The molecule has 0 unspecified atom stereocenters. The van der Waals surface area contributed by atoms with Crippen molar-refractivity contribution < 1.29 is 0 Å². The predicted octanol–water partition coefficient (Wildman–Crippen LogP) is 12.6. The summed E-state index contributed by atoms with van der Waals surface area (Å²) >= 11 is 11.1. The van der Waals surface area contributed by atoms with Crippen molar-refractivity contribution >= 4 is 34.2 Å². The lowest BCUT2D eigenvalue weighted by molar-refractivity contribution is 0.417. The molecule has 0 saturated carbocycles. The van der Waals surface area contributed by atoms with Crippen LogP contribution in [0.2, 0.25) is 0 Å². The van der Waals surface area contributed by atoms with E-state index in [-0.39, 0.29) is 10.8 Å². The van der Waals surface area contributed by atoms with Gasteiger partial charge in [-0.2, -0.15) is 0 Å². The third kappa shape index (κ3) is 11.2. The number of allylic oxidation sites excluding steroid dienone is 22. The van der Waals surface area contributed by atoms with Crippen LogP contribution in [0.4, 0.5) is 0 Å². The Morgan fingerprint density at radius 3 is 1.19 bits per heavy atom. The molecule has 0 aromatic rings. The Balaban J connectivity index is 1.93. The van der Waals surface area contributed by atoms with Crippen molar-refractivity contribution in [2.75, 3.05) is 0 Å². The van der Waals surface area contributed by atoms with E-state index in [1.165, 1.54) is 44.6 Å². The normalized spacial score (nSPS) is 21.6. The highest BCUT2D eigenvalue weighted by Gasteiger charge is 2.29. The van der Waals surface area contributed by atoms with Gasteiger partial charge in [0.05, 0.1) is 0 Å². The molecule has 0 aromatic heterocycles. The van der Waals surface area contributed by atoms with Crippen LogP contribution in [0.5, 0.6) is 0 Å². The van der Waals surface area contributed by atoms with Crippen LogP contribution in [0.15, 0.2) is 130 Å². The Morgan fingerprint density at radius 2 is 0.833 bits per heavy atom. The quantitative estimate of drug-likeness (QED) is 0.182. The summed E-state index contributed by atoms with van der Waals surface area (Å²) in [6.45, 7) is 22.1. The first kappa shape index (κ1) is 35.5. The molecule has 2 aliphatic rings. The maximum absolute atomic E-state index is 5.57. The van der Waals surface area contributed by atoms with Gasteiger partial charge in [-0.25, -0.2) is 0 Å². The molecule has 2 aliphatic carbocycles. The zero-order valence-electron chi connectivity index (χ0n) is 27.7. The van der Waals surface area contributed by atoms with Crippen molar-refractivity contribution in [3.8, 4) is 0 Å². The van der Waals surface area contributed by atoms with Crippen LogP contribution in [-0.2, 0) is 0 Å². The van der Waals surface area contributed by atoms with Gasteiger partial charge in [0.15, 0.2) is 0 Å². The summed E-state index contributed by atoms with van der Waals surface area (Å²) in [4.78, 5) is 2.22. The van der Waals surface area contributed by atoms with Crippen molar-refractivity contribution in [2.24, 2.45) is 10.8 Å². The van der Waals surface area contributed by atoms with Gasteiger partial charge in [0.1, 0.15) is 0 Å². The molecular formula is C40H52S2. The summed E-state index contributed by atoms with van der Waals surface area (Å²) in [6.07, 6.45) is 34.5. The standard InChI is InChI=1S/C40H52S2/c1-29(17-13-19-31(3)21-23-35-33(5)37(41)25-27-39(35,7)8)15-11-12-16-30(2)18-14-20-32(4)22-24-36-34(6)38(42)26-28-40(36,9)10/h11-24H,25-28H2,1-10H3/b12-11+,17-13+,18-14+,23-21+,24-22+,29-15+,30-16+,31-19+,32-20+. The second kappa shape index (κ2) is 16.2. The van der Waals surface area contributed by atoms with E-state index in [0.717, 1.165) is 35.4 Å². The van der Waals surface area contributed by atoms with Gasteiger partial charge in [0, 0.05) is 9.73 Å². The van der Waals surface area contributed by atoms with Crippen LogP contribution in [-0.4, -0.2) is 9.73 Å². The average molecular weight is 597 g/mol. The van der Waals surface area contributed by atoms with Crippen LogP contribution in [0.25, 0.3) is 0 Å². The average Bonchev–Trinajstić information content (AvgIpc) is 2.91. The molecule has 0 amide bonds. The second-order valence-corrected chi connectivity index (χ2v) is 14.1. The highest BCUT2D eigenvalue weighted by molar-refractivity contribution is 7.81. The first-order chi connectivity index (χ1) is 19.6. The lowest BCUT2D eigenvalue weighted by Crippen LogP contribution is -2.23. The first-order valence-electron chi connectivity index (χ1n) is 15.2. The zero-order valence-corrected chi connectivity index (χ0v) is 29.4. The van der Waals surface area contributed by atoms with Crippen LogP contribution < -0.4 is 0 Å². The van der Waals surface area contributed by atoms with Gasteiger partial charge in [-0.05, 0) is 100 Å². The molecule has 2 rings (SSSR count). The lowest BCUT2D eigenvalue weighted by atomic mass is 9.72. The van der Waals surface area contributed by atoms with E-state index in [2.05, 4.69) is 154 Å². The summed E-state index contributed by atoms with van der Waals surface area (Å²) in [5.74, 6) is 0. The fraction of sp³-hybridized carbons (Fsp3) is 0.400. The topological polar surface area (TPSA) is 0 Å². The van der Waals surface area contributed by atoms with Gasteiger partial charge >= 0.3 is 0 Å². The van der Waals surface area contributed by atoms with Crippen molar-refractivity contribution in [3.63, 3.8) is 0 Å². The van der Waals surface area contributed by atoms with Crippen LogP contribution in [0, 0.1) is 10.8 Å². The molecule has 0 saturated heterocycles. The fourth-order valence-electron chi connectivity index (χ4n) is 5.28. The maximum Gasteiger partial charge on any atom is 0.0184 e. The highest BCUT2D eigenvalue weighted by atomic mass is 32.1. The van der Waals surface area contributed by atoms with E-state index in [1.54, 1.807) is 0 Å². The highest BCUT2D eigenvalue weighted by Crippen LogP contribution is 2.41. The monoisotopic (exact) mass is 596 g/mol. The first-order valence-corrected chi connectivity index (χ1v) is 16.0. The number of hydrogen-bond donors (Lipinski definition) is 0. The number of thiocarbonyl (C=S) groups is 2. The molecule has 0 aliphatic heterocycles. The molecule has 0 nitrogen and oxygen atoms in total. The van der Waals surface area contributed by atoms with Crippen LogP contribution in [0.1, 0.15) is 94.9 Å². The molecule has 0 aromatic carbocycles. The second-order valence-electron chi connectivity index (χ2n) is 13.1. The van der Waals surface area contributed by atoms with Crippen molar-refractivity contribution in [3.05, 3.63) is 130 Å². The van der Waals surface area contributed by atoms with Crippen LogP contribution in [0.3, 0.4) is 0 Å². The number of rotatable bonds is 10. The molecule has 0 heterocycles. The minimum Gasteiger partial charge on any atom is -0.0846 e. The van der Waals surface area contributed by atoms with E-state index < -0.39 is 0 Å². The van der Waals surface area contributed by atoms with Gasteiger partial charge < -0.3 is 0 Å². The summed E-state index contributed by atoms with van der Waals surface area (Å²) in [7, 11) is 0. The Labute approximate surface area is 268 Å². The number of hydrogen-bond acceptors (Lipinski definition) is 2. The van der Waals surface area contributed by atoms with E-state index in [4.69, 9.17) is 24.4 Å². The third-order valence-electron chi connectivity index (χ3n) is 8.35. The molecule has 0 N–H and O–H groups in total. The molecule has 224 valence electrons. The zero-order chi connectivity index (χ0) is 31.5. The molecule has 0 fully saturated rings. The molecule has 2 heteroatoms. The van der Waals surface area contributed by atoms with Gasteiger partial charge in [-0.15, -0.1) is 0 Å². The molecule has 42 heavy (non-hydrogen) atoms. The van der Waals surface area contributed by atoms with Gasteiger partial charge in [0.2, 0.25) is 0 Å². The Morgan fingerprint density at radius 1 is 0.524 bits per heavy atom. The molecular weight excluding hydrogens is 545 g/mol. The molecule has 0 bridgehead atoms. The van der Waals surface area contributed by atoms with Crippen molar-refractivity contribution in [2.45, 2.75) is 94.9 Å². The Bertz CT molecular complexity index is 1270. The minimum atomic E-state index is 0.180. The van der Waals surface area contributed by atoms with Crippen molar-refractivity contribution in [1.82, 2.24) is 0 Å². The van der Waals surface area contributed by atoms with E-state index in [9.17, 15) is 0 Å². The summed E-state index contributed by atoms with van der Waals surface area (Å²) in [5.41, 5.74) is 10.5. The maximum atomic E-state index is 5.57.